The fraction of sp³-hybridized carbons (Fsp3) is 0.364. The molecule has 0 saturated heterocycles. The van der Waals surface area contributed by atoms with Crippen LogP contribution in [0.3, 0.4) is 0 Å². The first-order chi connectivity index (χ1) is 7.11. The number of nitrogens with zero attached hydrogens (tertiary/aromatic N) is 2. The summed E-state index contributed by atoms with van der Waals surface area (Å²) in [6.45, 7) is 0.671. The Morgan fingerprint density at radius 1 is 1.40 bits per heavy atom. The maximum atomic E-state index is 9.65. The van der Waals surface area contributed by atoms with Gasteiger partial charge in [0.1, 0.15) is 0 Å². The first kappa shape index (κ1) is 13.7. The highest BCUT2D eigenvalue weighted by Gasteiger charge is 2.06. The maximum Gasteiger partial charge on any atom is 0.232 e. The third-order valence-electron chi connectivity index (χ3n) is 1.72. The lowest BCUT2D eigenvalue weighted by Gasteiger charge is -2.15. The van der Waals surface area contributed by atoms with Crippen molar-refractivity contribution in [3.63, 3.8) is 0 Å². The molecule has 0 spiro atoms. The van der Waals surface area contributed by atoms with Gasteiger partial charge in [0.15, 0.2) is 0 Å². The Labute approximate surface area is 92.4 Å². The second-order valence-corrected chi connectivity index (χ2v) is 3.41. The molecular formula is C11H17BN2O. The van der Waals surface area contributed by atoms with Gasteiger partial charge >= 0.3 is 0 Å². The van der Waals surface area contributed by atoms with Crippen LogP contribution in [0.15, 0.2) is 30.3 Å². The molecule has 0 aliphatic rings. The molecule has 0 aliphatic carbocycles. The van der Waals surface area contributed by atoms with E-state index in [-0.39, 0.29) is 6.10 Å². The van der Waals surface area contributed by atoms with Crippen molar-refractivity contribution in [2.45, 2.75) is 6.10 Å². The Morgan fingerprint density at radius 3 is 2.27 bits per heavy atom. The first-order valence-electron chi connectivity index (χ1n) is 4.80. The second-order valence-electron chi connectivity index (χ2n) is 3.41. The average molecular weight is 204 g/mol. The number of benzene rings is 1. The molecule has 0 bridgehead atoms. The van der Waals surface area contributed by atoms with Gasteiger partial charge in [-0.05, 0) is 25.6 Å². The molecule has 0 heterocycles. The van der Waals surface area contributed by atoms with Crippen LogP contribution in [0.1, 0.15) is 11.7 Å². The van der Waals surface area contributed by atoms with Gasteiger partial charge in [0.05, 0.1) is 6.10 Å². The van der Waals surface area contributed by atoms with Gasteiger partial charge in [0, 0.05) is 6.54 Å². The normalized spacial score (nSPS) is 11.1. The van der Waals surface area contributed by atoms with E-state index in [9.17, 15) is 5.11 Å². The third kappa shape index (κ3) is 6.72. The van der Waals surface area contributed by atoms with Crippen LogP contribution in [-0.2, 0) is 0 Å². The summed E-state index contributed by atoms with van der Waals surface area (Å²) in [5.74, 6) is 1.75. The molecule has 0 radical (unpaired) electrons. The van der Waals surface area contributed by atoms with Crippen molar-refractivity contribution in [2.75, 3.05) is 20.6 Å². The lowest BCUT2D eigenvalue weighted by atomic mass is 10.1. The Balaban J connectivity index is 0.000000583. The molecule has 3 nitrogen and oxygen atoms in total. The zero-order chi connectivity index (χ0) is 11.7. The number of nitriles is 1. The first-order valence-corrected chi connectivity index (χ1v) is 4.80. The minimum atomic E-state index is -0.374. The second kappa shape index (κ2) is 8.04. The summed E-state index contributed by atoms with van der Waals surface area (Å²) in [6.07, 6.45) is -0.374. The van der Waals surface area contributed by atoms with Crippen LogP contribution >= 0.6 is 0 Å². The molecule has 0 amide bonds. The number of likely N-dealkylation sites (N-methyl/N-ethyl adjacent to an activating group) is 1. The summed E-state index contributed by atoms with van der Waals surface area (Å²) in [4.78, 5) is 1.97. The van der Waals surface area contributed by atoms with Crippen LogP contribution < -0.4 is 0 Å². The van der Waals surface area contributed by atoms with Crippen molar-refractivity contribution in [3.8, 4) is 5.97 Å². The van der Waals surface area contributed by atoms with Gasteiger partial charge in [0.2, 0.25) is 7.85 Å². The van der Waals surface area contributed by atoms with Crippen LogP contribution in [0.2, 0.25) is 0 Å². The Kier molecular flexibility index (Phi) is 7.34. The standard InChI is InChI=1S/C10H15NO.CH2BN/c1-11(2)8-10(12)9-6-4-3-5-7-9;2-1-3/h3-7,10,12H,8H2,1-2H3;2H2. The molecule has 4 heteroatoms. The summed E-state index contributed by atoms with van der Waals surface area (Å²) in [7, 11) is 5.33. The van der Waals surface area contributed by atoms with E-state index in [1.165, 1.54) is 7.85 Å². The largest absolute Gasteiger partial charge is 0.387 e. The van der Waals surface area contributed by atoms with Gasteiger partial charge in [0.25, 0.3) is 0 Å². The fourth-order valence-electron chi connectivity index (χ4n) is 1.13. The molecule has 1 rings (SSSR count). The number of hydrogen-bond donors (Lipinski definition) is 1. The van der Waals surface area contributed by atoms with E-state index in [1.807, 2.05) is 49.3 Å². The van der Waals surface area contributed by atoms with Gasteiger partial charge in [-0.2, -0.15) is 0 Å². The van der Waals surface area contributed by atoms with E-state index < -0.39 is 0 Å². The van der Waals surface area contributed by atoms with Crippen molar-refractivity contribution < 1.29 is 5.11 Å². The van der Waals surface area contributed by atoms with Crippen molar-refractivity contribution >= 4 is 7.85 Å². The minimum absolute atomic E-state index is 0.374. The van der Waals surface area contributed by atoms with Gasteiger partial charge in [-0.3, -0.25) is 0 Å². The van der Waals surface area contributed by atoms with Crippen LogP contribution in [0, 0.1) is 11.2 Å². The highest BCUT2D eigenvalue weighted by atomic mass is 16.3. The predicted octanol–water partition coefficient (Wildman–Crippen LogP) is 0.382. The average Bonchev–Trinajstić information content (AvgIpc) is 2.19. The summed E-state index contributed by atoms with van der Waals surface area (Å²) in [6, 6.07) is 9.70. The SMILES string of the molecule is BC#N.CN(C)CC(O)c1ccccc1. The van der Waals surface area contributed by atoms with Crippen LogP contribution in [-0.4, -0.2) is 38.5 Å². The summed E-state index contributed by atoms with van der Waals surface area (Å²) in [5, 5.41) is 17.0. The minimum Gasteiger partial charge on any atom is -0.387 e. The Morgan fingerprint density at radius 2 is 1.87 bits per heavy atom. The lowest BCUT2D eigenvalue weighted by molar-refractivity contribution is 0.138. The quantitative estimate of drug-likeness (QED) is 0.724. The third-order valence-corrected chi connectivity index (χ3v) is 1.72. The Hall–Kier alpha value is -1.31. The molecular weight excluding hydrogens is 187 g/mol. The summed E-state index contributed by atoms with van der Waals surface area (Å²) >= 11 is 0. The molecule has 1 N–H and O–H groups in total. The maximum absolute atomic E-state index is 9.65. The number of hydrogen-bond acceptors (Lipinski definition) is 3. The highest BCUT2D eigenvalue weighted by Crippen LogP contribution is 2.11. The van der Waals surface area contributed by atoms with Crippen molar-refractivity contribution in [1.29, 1.82) is 5.26 Å². The lowest BCUT2D eigenvalue weighted by Crippen LogP contribution is -2.19. The van der Waals surface area contributed by atoms with Crippen molar-refractivity contribution in [1.82, 2.24) is 4.90 Å². The van der Waals surface area contributed by atoms with E-state index in [2.05, 4.69) is 0 Å². The molecule has 0 aliphatic heterocycles. The van der Waals surface area contributed by atoms with Crippen molar-refractivity contribution in [3.05, 3.63) is 35.9 Å². The molecule has 1 atom stereocenters. The van der Waals surface area contributed by atoms with Gasteiger partial charge in [-0.1, -0.05) is 30.3 Å². The number of aliphatic hydroxyl groups is 1. The zero-order valence-corrected chi connectivity index (χ0v) is 9.51. The number of aliphatic hydroxyl groups excluding tert-OH is 1. The summed E-state index contributed by atoms with van der Waals surface area (Å²) in [5.41, 5.74) is 0.978. The highest BCUT2D eigenvalue weighted by molar-refractivity contribution is 6.20. The smallest absolute Gasteiger partial charge is 0.232 e. The van der Waals surface area contributed by atoms with E-state index in [1.54, 1.807) is 5.97 Å². The summed E-state index contributed by atoms with van der Waals surface area (Å²) < 4.78 is 0. The molecule has 15 heavy (non-hydrogen) atoms. The molecule has 0 fully saturated rings. The fourth-order valence-corrected chi connectivity index (χ4v) is 1.13. The van der Waals surface area contributed by atoms with Gasteiger partial charge in [-0.25, -0.2) is 5.26 Å². The molecule has 1 aromatic carbocycles. The van der Waals surface area contributed by atoms with Gasteiger partial charge in [-0.15, -0.1) is 0 Å². The topological polar surface area (TPSA) is 47.3 Å². The van der Waals surface area contributed by atoms with E-state index >= 15 is 0 Å². The van der Waals surface area contributed by atoms with Gasteiger partial charge < -0.3 is 10.0 Å². The van der Waals surface area contributed by atoms with Crippen molar-refractivity contribution in [2.24, 2.45) is 0 Å². The van der Waals surface area contributed by atoms with E-state index in [0.29, 0.717) is 6.54 Å². The van der Waals surface area contributed by atoms with E-state index in [4.69, 9.17) is 5.26 Å². The molecule has 1 unspecified atom stereocenters. The zero-order valence-electron chi connectivity index (χ0n) is 9.51. The van der Waals surface area contributed by atoms with Crippen LogP contribution in [0.4, 0.5) is 0 Å². The molecule has 1 aromatic rings. The Bertz CT molecular complexity index is 295. The number of rotatable bonds is 3. The monoisotopic (exact) mass is 204 g/mol. The molecule has 0 saturated carbocycles. The molecule has 0 aromatic heterocycles. The van der Waals surface area contributed by atoms with Crippen LogP contribution in [0.25, 0.3) is 0 Å². The van der Waals surface area contributed by atoms with Crippen LogP contribution in [0.5, 0.6) is 0 Å². The van der Waals surface area contributed by atoms with E-state index in [0.717, 1.165) is 5.56 Å². The predicted molar refractivity (Wildman–Crippen MR) is 64.1 cm³/mol. The molecule has 80 valence electrons.